The summed E-state index contributed by atoms with van der Waals surface area (Å²) in [5, 5.41) is 0. The molecule has 0 amide bonds. The van der Waals surface area contributed by atoms with Crippen molar-refractivity contribution in [3.63, 3.8) is 0 Å². The van der Waals surface area contributed by atoms with E-state index in [-0.39, 0.29) is 17.8 Å². The molecule has 124 valence electrons. The van der Waals surface area contributed by atoms with Gasteiger partial charge in [0.2, 0.25) is 0 Å². The maximum Gasteiger partial charge on any atom is 0.315 e. The minimum absolute atomic E-state index is 0.0473. The molecule has 0 spiro atoms. The van der Waals surface area contributed by atoms with Crippen molar-refractivity contribution in [3.8, 4) is 11.8 Å². The molecule has 2 aromatic carbocycles. The van der Waals surface area contributed by atoms with Gasteiger partial charge in [0.15, 0.2) is 0 Å². The van der Waals surface area contributed by atoms with E-state index in [1.807, 2.05) is 36.4 Å². The number of cyclic esters (lactones) is 1. The Hall–Kier alpha value is -2.79. The zero-order valence-corrected chi connectivity index (χ0v) is 14.0. The minimum atomic E-state index is -0.252. The Morgan fingerprint density at radius 3 is 2.32 bits per heavy atom. The number of benzene rings is 2. The van der Waals surface area contributed by atoms with Crippen molar-refractivity contribution in [1.29, 1.82) is 0 Å². The normalized spacial score (nSPS) is 22.4. The van der Waals surface area contributed by atoms with Crippen molar-refractivity contribution < 1.29 is 9.53 Å². The SMILES string of the molecule is O=C1OC=C(C#CC2CC2)[C@@H](c2ccccc2)[C@@H]1Cc1ccccc1. The molecule has 0 bridgehead atoms. The largest absolute Gasteiger partial charge is 0.433 e. The standard InChI is InChI=1S/C23H20O2/c24-23-21(15-18-7-3-1-4-8-18)22(19-9-5-2-6-10-19)20(16-25-23)14-13-17-11-12-17/h1-10,16-17,21-22H,11-12,15H2/t21-,22+/m0/s1. The van der Waals surface area contributed by atoms with E-state index in [4.69, 9.17) is 4.74 Å². The minimum Gasteiger partial charge on any atom is -0.433 e. The van der Waals surface area contributed by atoms with Crippen molar-refractivity contribution in [1.82, 2.24) is 0 Å². The van der Waals surface area contributed by atoms with Gasteiger partial charge in [0.25, 0.3) is 0 Å². The molecule has 2 heteroatoms. The van der Waals surface area contributed by atoms with E-state index in [9.17, 15) is 4.79 Å². The summed E-state index contributed by atoms with van der Waals surface area (Å²) in [4.78, 5) is 12.6. The third-order valence-electron chi connectivity index (χ3n) is 4.80. The number of rotatable bonds is 3. The highest BCUT2D eigenvalue weighted by molar-refractivity contribution is 5.78. The fourth-order valence-corrected chi connectivity index (χ4v) is 3.30. The predicted molar refractivity (Wildman–Crippen MR) is 97.5 cm³/mol. The van der Waals surface area contributed by atoms with Crippen LogP contribution in [-0.4, -0.2) is 5.97 Å². The first-order valence-corrected chi connectivity index (χ1v) is 8.82. The van der Waals surface area contributed by atoms with Crippen LogP contribution in [0.2, 0.25) is 0 Å². The summed E-state index contributed by atoms with van der Waals surface area (Å²) >= 11 is 0. The van der Waals surface area contributed by atoms with Crippen LogP contribution in [-0.2, 0) is 16.0 Å². The Kier molecular flexibility index (Phi) is 4.39. The summed E-state index contributed by atoms with van der Waals surface area (Å²) in [7, 11) is 0. The molecule has 0 N–H and O–H groups in total. The summed E-state index contributed by atoms with van der Waals surface area (Å²) in [6.07, 6.45) is 4.59. The average molecular weight is 328 g/mol. The van der Waals surface area contributed by atoms with Crippen LogP contribution in [0.5, 0.6) is 0 Å². The lowest BCUT2D eigenvalue weighted by Crippen LogP contribution is -2.30. The van der Waals surface area contributed by atoms with Gasteiger partial charge in [-0.2, -0.15) is 0 Å². The van der Waals surface area contributed by atoms with E-state index in [1.165, 1.54) is 12.8 Å². The van der Waals surface area contributed by atoms with Gasteiger partial charge in [-0.3, -0.25) is 4.79 Å². The van der Waals surface area contributed by atoms with Gasteiger partial charge in [0.05, 0.1) is 5.92 Å². The van der Waals surface area contributed by atoms with Crippen LogP contribution in [0.4, 0.5) is 0 Å². The fourth-order valence-electron chi connectivity index (χ4n) is 3.30. The topological polar surface area (TPSA) is 26.3 Å². The summed E-state index contributed by atoms with van der Waals surface area (Å²) in [5.41, 5.74) is 3.18. The Bertz CT molecular complexity index is 836. The van der Waals surface area contributed by atoms with Crippen molar-refractivity contribution >= 4 is 5.97 Å². The van der Waals surface area contributed by atoms with Crippen LogP contribution in [0, 0.1) is 23.7 Å². The molecule has 0 radical (unpaired) electrons. The van der Waals surface area contributed by atoms with Crippen molar-refractivity contribution in [2.24, 2.45) is 11.8 Å². The van der Waals surface area contributed by atoms with E-state index in [1.54, 1.807) is 6.26 Å². The number of ether oxygens (including phenoxy) is 1. The smallest absolute Gasteiger partial charge is 0.315 e. The molecule has 1 heterocycles. The zero-order valence-electron chi connectivity index (χ0n) is 14.0. The number of allylic oxidation sites excluding steroid dienone is 1. The summed E-state index contributed by atoms with van der Waals surface area (Å²) in [6, 6.07) is 20.3. The zero-order chi connectivity index (χ0) is 17.1. The fraction of sp³-hybridized carbons (Fsp3) is 0.261. The highest BCUT2D eigenvalue weighted by Gasteiger charge is 2.36. The first-order valence-electron chi connectivity index (χ1n) is 8.82. The Balaban J connectivity index is 1.70. The Morgan fingerprint density at radius 1 is 0.960 bits per heavy atom. The number of hydrogen-bond donors (Lipinski definition) is 0. The number of carbonyl (C=O) groups is 1. The van der Waals surface area contributed by atoms with Gasteiger partial charge < -0.3 is 4.74 Å². The molecular formula is C23H20O2. The van der Waals surface area contributed by atoms with E-state index in [0.717, 1.165) is 16.7 Å². The predicted octanol–water partition coefficient (Wildman–Crippen LogP) is 4.48. The molecular weight excluding hydrogens is 308 g/mol. The van der Waals surface area contributed by atoms with Gasteiger partial charge in [-0.15, -0.1) is 0 Å². The van der Waals surface area contributed by atoms with Gasteiger partial charge in [-0.25, -0.2) is 0 Å². The van der Waals surface area contributed by atoms with E-state index in [2.05, 4.69) is 36.1 Å². The van der Waals surface area contributed by atoms with Gasteiger partial charge >= 0.3 is 5.97 Å². The molecule has 1 aliphatic heterocycles. The highest BCUT2D eigenvalue weighted by atomic mass is 16.5. The third kappa shape index (κ3) is 3.67. The second-order valence-corrected chi connectivity index (χ2v) is 6.74. The molecule has 4 rings (SSSR count). The lowest BCUT2D eigenvalue weighted by Gasteiger charge is -2.29. The van der Waals surface area contributed by atoms with Crippen LogP contribution >= 0.6 is 0 Å². The van der Waals surface area contributed by atoms with Gasteiger partial charge in [0.1, 0.15) is 6.26 Å². The van der Waals surface area contributed by atoms with Gasteiger partial charge in [-0.1, -0.05) is 72.5 Å². The highest BCUT2D eigenvalue weighted by Crippen LogP contribution is 2.38. The maximum atomic E-state index is 12.6. The Labute approximate surface area is 148 Å². The van der Waals surface area contributed by atoms with Crippen LogP contribution in [0.15, 0.2) is 72.5 Å². The molecule has 25 heavy (non-hydrogen) atoms. The summed E-state index contributed by atoms with van der Waals surface area (Å²) < 4.78 is 5.38. The molecule has 0 unspecified atom stereocenters. The molecule has 2 atom stereocenters. The molecule has 1 fully saturated rings. The lowest BCUT2D eigenvalue weighted by molar-refractivity contribution is -0.144. The first kappa shape index (κ1) is 15.7. The van der Waals surface area contributed by atoms with E-state index in [0.29, 0.717) is 12.3 Å². The molecule has 2 nitrogen and oxygen atoms in total. The molecule has 2 aromatic rings. The maximum absolute atomic E-state index is 12.6. The molecule has 2 aliphatic rings. The van der Waals surface area contributed by atoms with Crippen molar-refractivity contribution in [3.05, 3.63) is 83.6 Å². The van der Waals surface area contributed by atoms with Crippen LogP contribution < -0.4 is 0 Å². The second-order valence-electron chi connectivity index (χ2n) is 6.74. The number of hydrogen-bond acceptors (Lipinski definition) is 2. The van der Waals surface area contributed by atoms with Crippen LogP contribution in [0.25, 0.3) is 0 Å². The van der Waals surface area contributed by atoms with Gasteiger partial charge in [0, 0.05) is 17.4 Å². The molecule has 1 saturated carbocycles. The quantitative estimate of drug-likeness (QED) is 0.613. The Morgan fingerprint density at radius 2 is 1.64 bits per heavy atom. The van der Waals surface area contributed by atoms with Crippen molar-refractivity contribution in [2.45, 2.75) is 25.2 Å². The van der Waals surface area contributed by atoms with E-state index >= 15 is 0 Å². The van der Waals surface area contributed by atoms with Crippen LogP contribution in [0.1, 0.15) is 29.9 Å². The molecule has 0 saturated heterocycles. The van der Waals surface area contributed by atoms with Crippen molar-refractivity contribution in [2.75, 3.05) is 0 Å². The molecule has 0 aromatic heterocycles. The molecule has 1 aliphatic carbocycles. The lowest BCUT2D eigenvalue weighted by atomic mass is 9.77. The van der Waals surface area contributed by atoms with Crippen LogP contribution in [0.3, 0.4) is 0 Å². The second kappa shape index (κ2) is 6.99. The summed E-state index contributed by atoms with van der Waals surface area (Å²) in [6.45, 7) is 0. The number of carbonyl (C=O) groups excluding carboxylic acids is 1. The number of esters is 1. The van der Waals surface area contributed by atoms with Gasteiger partial charge in [-0.05, 0) is 30.4 Å². The monoisotopic (exact) mass is 328 g/mol. The first-order chi connectivity index (χ1) is 12.3. The third-order valence-corrected chi connectivity index (χ3v) is 4.80. The van der Waals surface area contributed by atoms with E-state index < -0.39 is 0 Å². The average Bonchev–Trinajstić information content (AvgIpc) is 3.48. The summed E-state index contributed by atoms with van der Waals surface area (Å²) in [5.74, 6) is 6.66.